The van der Waals surface area contributed by atoms with Gasteiger partial charge in [-0.15, -0.1) is 11.3 Å². The molecule has 0 spiro atoms. The van der Waals surface area contributed by atoms with Crippen LogP contribution in [0.5, 0.6) is 5.75 Å². The van der Waals surface area contributed by atoms with Crippen molar-refractivity contribution >= 4 is 16.3 Å². The van der Waals surface area contributed by atoms with E-state index in [1.165, 1.54) is 0 Å². The molecule has 128 valence electrons. The van der Waals surface area contributed by atoms with Crippen molar-refractivity contribution < 1.29 is 9.84 Å². The van der Waals surface area contributed by atoms with Gasteiger partial charge in [0.15, 0.2) is 4.96 Å². The Labute approximate surface area is 146 Å². The van der Waals surface area contributed by atoms with Crippen LogP contribution < -0.4 is 4.74 Å². The van der Waals surface area contributed by atoms with Crippen molar-refractivity contribution in [3.63, 3.8) is 0 Å². The van der Waals surface area contributed by atoms with E-state index < -0.39 is 6.10 Å². The highest BCUT2D eigenvalue weighted by Crippen LogP contribution is 2.21. The molecule has 0 aliphatic heterocycles. The van der Waals surface area contributed by atoms with Crippen LogP contribution in [0.3, 0.4) is 0 Å². The lowest BCUT2D eigenvalue weighted by Crippen LogP contribution is -2.30. The molecule has 24 heavy (non-hydrogen) atoms. The smallest absolute Gasteiger partial charge is 0.193 e. The van der Waals surface area contributed by atoms with Crippen LogP contribution in [-0.4, -0.2) is 38.6 Å². The van der Waals surface area contributed by atoms with Gasteiger partial charge in [-0.05, 0) is 19.9 Å². The summed E-state index contributed by atoms with van der Waals surface area (Å²) >= 11 is 1.63. The summed E-state index contributed by atoms with van der Waals surface area (Å²) in [5.74, 6) is 0.904. The fourth-order valence-corrected chi connectivity index (χ4v) is 3.53. The van der Waals surface area contributed by atoms with Crippen molar-refractivity contribution in [2.75, 3.05) is 13.2 Å². The third kappa shape index (κ3) is 4.14. The Hall–Kier alpha value is -1.89. The van der Waals surface area contributed by atoms with Gasteiger partial charge >= 0.3 is 0 Å². The van der Waals surface area contributed by atoms with E-state index >= 15 is 0 Å². The molecule has 5 nitrogen and oxygen atoms in total. The van der Waals surface area contributed by atoms with Gasteiger partial charge in [0.05, 0.1) is 18.4 Å². The van der Waals surface area contributed by atoms with Gasteiger partial charge in [0.1, 0.15) is 5.75 Å². The van der Waals surface area contributed by atoms with Gasteiger partial charge in [-0.2, -0.15) is 0 Å². The number of hydrogen-bond donors (Lipinski definition) is 1. The molecule has 0 aliphatic rings. The third-order valence-electron chi connectivity index (χ3n) is 3.72. The second-order valence-electron chi connectivity index (χ2n) is 5.88. The van der Waals surface area contributed by atoms with E-state index in [0.29, 0.717) is 26.2 Å². The highest BCUT2D eigenvalue weighted by atomic mass is 32.1. The number of benzene rings is 1. The summed E-state index contributed by atoms with van der Waals surface area (Å²) in [6.45, 7) is 6.44. The Morgan fingerprint density at radius 2 is 2.17 bits per heavy atom. The van der Waals surface area contributed by atoms with Crippen LogP contribution >= 0.6 is 11.3 Å². The summed E-state index contributed by atoms with van der Waals surface area (Å²) in [7, 11) is 0. The fourth-order valence-electron chi connectivity index (χ4n) is 2.81. The van der Waals surface area contributed by atoms with Crippen LogP contribution in [0.4, 0.5) is 0 Å². The Morgan fingerprint density at radius 1 is 1.33 bits per heavy atom. The maximum Gasteiger partial charge on any atom is 0.193 e. The van der Waals surface area contributed by atoms with Crippen LogP contribution in [0, 0.1) is 0 Å². The number of hydrogen-bond acceptors (Lipinski definition) is 5. The average molecular weight is 345 g/mol. The van der Waals surface area contributed by atoms with Crippen LogP contribution in [0.25, 0.3) is 4.96 Å². The van der Waals surface area contributed by atoms with E-state index in [1.807, 2.05) is 48.0 Å². The molecular weight excluding hydrogens is 322 g/mol. The van der Waals surface area contributed by atoms with Crippen LogP contribution in [0.15, 0.2) is 42.0 Å². The fraction of sp³-hybridized carbons (Fsp3) is 0.389. The summed E-state index contributed by atoms with van der Waals surface area (Å²) in [6.07, 6.45) is 3.67. The van der Waals surface area contributed by atoms with Crippen LogP contribution in [0.1, 0.15) is 25.1 Å². The zero-order chi connectivity index (χ0) is 16.9. The van der Waals surface area contributed by atoms with E-state index in [1.54, 1.807) is 11.3 Å². The second-order valence-corrected chi connectivity index (χ2v) is 6.76. The predicted molar refractivity (Wildman–Crippen MR) is 96.5 cm³/mol. The van der Waals surface area contributed by atoms with Gasteiger partial charge in [0, 0.05) is 43.0 Å². The Kier molecular flexibility index (Phi) is 5.50. The number of imidazole rings is 1. The first-order valence-corrected chi connectivity index (χ1v) is 9.06. The molecule has 0 amide bonds. The molecule has 1 aromatic carbocycles. The van der Waals surface area contributed by atoms with Gasteiger partial charge in [-0.3, -0.25) is 9.30 Å². The molecule has 1 unspecified atom stereocenters. The first-order valence-electron chi connectivity index (χ1n) is 8.18. The third-order valence-corrected chi connectivity index (χ3v) is 4.49. The largest absolute Gasteiger partial charge is 0.494 e. The average Bonchev–Trinajstić information content (AvgIpc) is 3.10. The first-order chi connectivity index (χ1) is 11.7. The Balaban J connectivity index is 1.77. The highest BCUT2D eigenvalue weighted by molar-refractivity contribution is 7.15. The van der Waals surface area contributed by atoms with Crippen molar-refractivity contribution in [1.82, 2.24) is 14.3 Å². The van der Waals surface area contributed by atoms with Crippen molar-refractivity contribution in [2.45, 2.75) is 33.0 Å². The SMILES string of the molecule is CCOc1ccccc1CN(Cc1cn2ccsc2n1)CC(C)O. The van der Waals surface area contributed by atoms with Crippen molar-refractivity contribution in [2.24, 2.45) is 0 Å². The summed E-state index contributed by atoms with van der Waals surface area (Å²) in [6, 6.07) is 8.07. The molecule has 1 atom stereocenters. The quantitative estimate of drug-likeness (QED) is 0.681. The molecule has 0 radical (unpaired) electrons. The standard InChI is InChI=1S/C18H23N3O2S/c1-3-23-17-7-5-4-6-15(17)11-20(10-14(2)22)12-16-13-21-8-9-24-18(21)19-16/h4-9,13-14,22H,3,10-12H2,1-2H3. The zero-order valence-electron chi connectivity index (χ0n) is 14.1. The molecule has 0 saturated carbocycles. The summed E-state index contributed by atoms with van der Waals surface area (Å²) in [4.78, 5) is 7.85. The Bertz CT molecular complexity index is 753. The molecule has 0 fully saturated rings. The van der Waals surface area contributed by atoms with Crippen LogP contribution in [0.2, 0.25) is 0 Å². The van der Waals surface area contributed by atoms with E-state index in [4.69, 9.17) is 4.74 Å². The number of fused-ring (bicyclic) bond motifs is 1. The highest BCUT2D eigenvalue weighted by Gasteiger charge is 2.14. The number of aromatic nitrogens is 2. The zero-order valence-corrected chi connectivity index (χ0v) is 14.9. The lowest BCUT2D eigenvalue weighted by Gasteiger charge is -2.24. The maximum atomic E-state index is 9.85. The molecule has 3 rings (SSSR count). The molecule has 1 N–H and O–H groups in total. The first kappa shape index (κ1) is 17.0. The molecule has 3 aromatic rings. The number of para-hydroxylation sites is 1. The maximum absolute atomic E-state index is 9.85. The van der Waals surface area contributed by atoms with Crippen molar-refractivity contribution in [3.05, 3.63) is 53.3 Å². The molecule has 6 heteroatoms. The number of ether oxygens (including phenoxy) is 1. The van der Waals surface area contributed by atoms with Gasteiger partial charge < -0.3 is 9.84 Å². The topological polar surface area (TPSA) is 50.0 Å². The summed E-state index contributed by atoms with van der Waals surface area (Å²) in [5.41, 5.74) is 2.14. The van der Waals surface area contributed by atoms with Gasteiger partial charge in [0.2, 0.25) is 0 Å². The number of aliphatic hydroxyl groups is 1. The van der Waals surface area contributed by atoms with E-state index in [0.717, 1.165) is 22.0 Å². The molecule has 0 aliphatic carbocycles. The lowest BCUT2D eigenvalue weighted by molar-refractivity contribution is 0.116. The van der Waals surface area contributed by atoms with Gasteiger partial charge in [-0.25, -0.2) is 4.98 Å². The normalized spacial score (nSPS) is 12.8. The van der Waals surface area contributed by atoms with E-state index in [2.05, 4.69) is 22.1 Å². The molecule has 2 heterocycles. The minimum Gasteiger partial charge on any atom is -0.494 e. The molecule has 0 saturated heterocycles. The number of rotatable bonds is 8. The minimum atomic E-state index is -0.395. The van der Waals surface area contributed by atoms with Crippen molar-refractivity contribution in [3.8, 4) is 5.75 Å². The Morgan fingerprint density at radius 3 is 2.92 bits per heavy atom. The number of aliphatic hydroxyl groups excluding tert-OH is 1. The lowest BCUT2D eigenvalue weighted by atomic mass is 10.1. The minimum absolute atomic E-state index is 0.395. The second kappa shape index (κ2) is 7.79. The predicted octanol–water partition coefficient (Wildman–Crippen LogP) is 3.18. The molecule has 2 aromatic heterocycles. The molecular formula is C18H23N3O2S. The number of thiazole rings is 1. The van der Waals surface area contributed by atoms with E-state index in [-0.39, 0.29) is 0 Å². The van der Waals surface area contributed by atoms with Gasteiger partial charge in [-0.1, -0.05) is 18.2 Å². The number of nitrogens with zero attached hydrogens (tertiary/aromatic N) is 3. The van der Waals surface area contributed by atoms with E-state index in [9.17, 15) is 5.11 Å². The summed E-state index contributed by atoms with van der Waals surface area (Å²) in [5, 5.41) is 11.9. The molecule has 0 bridgehead atoms. The van der Waals surface area contributed by atoms with Crippen LogP contribution in [-0.2, 0) is 13.1 Å². The monoisotopic (exact) mass is 345 g/mol. The summed E-state index contributed by atoms with van der Waals surface area (Å²) < 4.78 is 7.76. The van der Waals surface area contributed by atoms with Gasteiger partial charge in [0.25, 0.3) is 0 Å². The van der Waals surface area contributed by atoms with Crippen molar-refractivity contribution in [1.29, 1.82) is 0 Å².